The first kappa shape index (κ1) is 17.9. The summed E-state index contributed by atoms with van der Waals surface area (Å²) in [6.45, 7) is 2.25. The van der Waals surface area contributed by atoms with Gasteiger partial charge in [-0.05, 0) is 37.3 Å². The number of carbonyl (C=O) groups excluding carboxylic acids is 2. The molecule has 2 aromatic rings. The Morgan fingerprint density at radius 3 is 2.54 bits per heavy atom. The molecule has 2 aromatic carbocycles. The van der Waals surface area contributed by atoms with Gasteiger partial charge in [-0.2, -0.15) is 0 Å². The third-order valence-electron chi connectivity index (χ3n) is 4.31. The molecule has 0 spiro atoms. The van der Waals surface area contributed by atoms with Crippen molar-refractivity contribution >= 4 is 40.8 Å². The topological polar surface area (TPSA) is 86.7 Å². The summed E-state index contributed by atoms with van der Waals surface area (Å²) in [5, 5.41) is 11.9. The molecule has 1 aliphatic heterocycles. The maximum Gasteiger partial charge on any atom is 0.337 e. The van der Waals surface area contributed by atoms with Crippen molar-refractivity contribution in [2.75, 3.05) is 16.8 Å². The zero-order valence-electron chi connectivity index (χ0n) is 14.0. The molecule has 3 rings (SSSR count). The lowest BCUT2D eigenvalue weighted by Crippen LogP contribution is -2.28. The van der Waals surface area contributed by atoms with E-state index in [1.807, 2.05) is 31.2 Å². The van der Waals surface area contributed by atoms with Crippen LogP contribution in [0.25, 0.3) is 0 Å². The SMILES string of the molecule is Cc1ccc(N2CC(C(=O)Nc3ccc(Cl)c(C(=O)O)c3)CC2=O)cc1. The van der Waals surface area contributed by atoms with Gasteiger partial charge < -0.3 is 15.3 Å². The normalized spacial score (nSPS) is 16.6. The minimum atomic E-state index is -1.17. The predicted octanol–water partition coefficient (Wildman–Crippen LogP) is 3.34. The lowest BCUT2D eigenvalue weighted by molar-refractivity contribution is -0.122. The van der Waals surface area contributed by atoms with Gasteiger partial charge >= 0.3 is 5.97 Å². The second-order valence-electron chi connectivity index (χ2n) is 6.23. The van der Waals surface area contributed by atoms with Gasteiger partial charge in [-0.3, -0.25) is 9.59 Å². The largest absolute Gasteiger partial charge is 0.478 e. The highest BCUT2D eigenvalue weighted by molar-refractivity contribution is 6.33. The highest BCUT2D eigenvalue weighted by atomic mass is 35.5. The average Bonchev–Trinajstić information content (AvgIpc) is 2.99. The molecule has 0 saturated carbocycles. The molecule has 134 valence electrons. The summed E-state index contributed by atoms with van der Waals surface area (Å²) in [5.41, 5.74) is 2.09. The quantitative estimate of drug-likeness (QED) is 0.861. The minimum absolute atomic E-state index is 0.0896. The number of anilines is 2. The van der Waals surface area contributed by atoms with Crippen LogP contribution in [-0.2, 0) is 9.59 Å². The van der Waals surface area contributed by atoms with E-state index < -0.39 is 11.9 Å². The molecule has 0 aliphatic carbocycles. The minimum Gasteiger partial charge on any atom is -0.478 e. The molecule has 1 aliphatic rings. The van der Waals surface area contributed by atoms with Gasteiger partial charge in [-0.1, -0.05) is 29.3 Å². The van der Waals surface area contributed by atoms with Crippen LogP contribution >= 0.6 is 11.6 Å². The molecule has 2 N–H and O–H groups in total. The molecule has 26 heavy (non-hydrogen) atoms. The molecule has 0 radical (unpaired) electrons. The van der Waals surface area contributed by atoms with Crippen LogP contribution in [0.3, 0.4) is 0 Å². The summed E-state index contributed by atoms with van der Waals surface area (Å²) in [6.07, 6.45) is 0.110. The first-order valence-electron chi connectivity index (χ1n) is 8.06. The number of aryl methyl sites for hydroxylation is 1. The number of aromatic carboxylic acids is 1. The number of rotatable bonds is 4. The van der Waals surface area contributed by atoms with Gasteiger partial charge in [-0.15, -0.1) is 0 Å². The Labute approximate surface area is 155 Å². The van der Waals surface area contributed by atoms with E-state index in [2.05, 4.69) is 5.32 Å². The standard InChI is InChI=1S/C19H17ClN2O4/c1-11-2-5-14(6-3-11)22-10-12(8-17(22)23)18(24)21-13-4-7-16(20)15(9-13)19(25)26/h2-7,9,12H,8,10H2,1H3,(H,21,24)(H,25,26). The molecular formula is C19H17ClN2O4. The number of nitrogens with one attached hydrogen (secondary N) is 1. The fourth-order valence-corrected chi connectivity index (χ4v) is 3.07. The summed E-state index contributed by atoms with van der Waals surface area (Å²) in [6, 6.07) is 11.8. The van der Waals surface area contributed by atoms with Crippen molar-refractivity contribution in [3.8, 4) is 0 Å². The van der Waals surface area contributed by atoms with Crippen LogP contribution in [0.1, 0.15) is 22.3 Å². The molecule has 1 atom stereocenters. The van der Waals surface area contributed by atoms with Crippen molar-refractivity contribution in [1.82, 2.24) is 0 Å². The zero-order valence-corrected chi connectivity index (χ0v) is 14.8. The van der Waals surface area contributed by atoms with Gasteiger partial charge in [-0.25, -0.2) is 4.79 Å². The van der Waals surface area contributed by atoms with E-state index in [1.165, 1.54) is 18.2 Å². The Morgan fingerprint density at radius 2 is 1.88 bits per heavy atom. The van der Waals surface area contributed by atoms with Crippen LogP contribution < -0.4 is 10.2 Å². The Kier molecular flexibility index (Phi) is 4.95. The van der Waals surface area contributed by atoms with Gasteiger partial charge in [0.05, 0.1) is 16.5 Å². The molecule has 2 amide bonds. The Bertz CT molecular complexity index is 880. The van der Waals surface area contributed by atoms with Gasteiger partial charge in [0.2, 0.25) is 11.8 Å². The number of halogens is 1. The summed E-state index contributed by atoms with van der Waals surface area (Å²) in [5.74, 6) is -2.12. The number of carboxylic acid groups (broad SMARTS) is 1. The molecule has 1 unspecified atom stereocenters. The first-order chi connectivity index (χ1) is 12.3. The molecule has 6 nitrogen and oxygen atoms in total. The van der Waals surface area contributed by atoms with Crippen molar-refractivity contribution < 1.29 is 19.5 Å². The number of hydrogen-bond acceptors (Lipinski definition) is 3. The van der Waals surface area contributed by atoms with Gasteiger partial charge in [0.15, 0.2) is 0 Å². The van der Waals surface area contributed by atoms with Crippen molar-refractivity contribution in [3.63, 3.8) is 0 Å². The Balaban J connectivity index is 1.71. The fourth-order valence-electron chi connectivity index (χ4n) is 2.87. The summed E-state index contributed by atoms with van der Waals surface area (Å²) in [7, 11) is 0. The molecule has 0 bridgehead atoms. The highest BCUT2D eigenvalue weighted by Gasteiger charge is 2.35. The third kappa shape index (κ3) is 3.70. The second kappa shape index (κ2) is 7.17. The maximum absolute atomic E-state index is 12.5. The average molecular weight is 373 g/mol. The van der Waals surface area contributed by atoms with Crippen LogP contribution in [-0.4, -0.2) is 29.4 Å². The van der Waals surface area contributed by atoms with E-state index in [4.69, 9.17) is 16.7 Å². The van der Waals surface area contributed by atoms with Gasteiger partial charge in [0, 0.05) is 24.3 Å². The molecule has 0 aromatic heterocycles. The van der Waals surface area contributed by atoms with Gasteiger partial charge in [0.25, 0.3) is 0 Å². The van der Waals surface area contributed by atoms with E-state index in [9.17, 15) is 14.4 Å². The summed E-state index contributed by atoms with van der Waals surface area (Å²) in [4.78, 5) is 37.5. The fraction of sp³-hybridized carbons (Fsp3) is 0.211. The van der Waals surface area contributed by atoms with E-state index in [1.54, 1.807) is 4.90 Å². The van der Waals surface area contributed by atoms with Crippen LogP contribution in [0.4, 0.5) is 11.4 Å². The van der Waals surface area contributed by atoms with Crippen molar-refractivity contribution in [2.24, 2.45) is 5.92 Å². The molecule has 7 heteroatoms. The lowest BCUT2D eigenvalue weighted by atomic mass is 10.1. The number of hydrogen-bond donors (Lipinski definition) is 2. The van der Waals surface area contributed by atoms with E-state index in [0.29, 0.717) is 5.69 Å². The Hall–Kier alpha value is -2.86. The molecular weight excluding hydrogens is 356 g/mol. The number of carbonyl (C=O) groups is 3. The predicted molar refractivity (Wildman–Crippen MR) is 98.7 cm³/mol. The number of carboxylic acids is 1. The van der Waals surface area contributed by atoms with Crippen LogP contribution in [0.2, 0.25) is 5.02 Å². The van der Waals surface area contributed by atoms with Crippen LogP contribution in [0.15, 0.2) is 42.5 Å². The monoisotopic (exact) mass is 372 g/mol. The number of amides is 2. The van der Waals surface area contributed by atoms with E-state index >= 15 is 0 Å². The molecule has 1 saturated heterocycles. The van der Waals surface area contributed by atoms with Crippen molar-refractivity contribution in [3.05, 3.63) is 58.6 Å². The third-order valence-corrected chi connectivity index (χ3v) is 4.64. The van der Waals surface area contributed by atoms with Crippen molar-refractivity contribution in [2.45, 2.75) is 13.3 Å². The van der Waals surface area contributed by atoms with Crippen LogP contribution in [0, 0.1) is 12.8 Å². The zero-order chi connectivity index (χ0) is 18.8. The first-order valence-corrected chi connectivity index (χ1v) is 8.43. The van der Waals surface area contributed by atoms with E-state index in [-0.39, 0.29) is 35.4 Å². The highest BCUT2D eigenvalue weighted by Crippen LogP contribution is 2.27. The second-order valence-corrected chi connectivity index (χ2v) is 6.64. The number of nitrogens with zero attached hydrogens (tertiary/aromatic N) is 1. The Morgan fingerprint density at radius 1 is 1.19 bits per heavy atom. The molecule has 1 heterocycles. The van der Waals surface area contributed by atoms with Gasteiger partial charge in [0.1, 0.15) is 0 Å². The van der Waals surface area contributed by atoms with Crippen molar-refractivity contribution in [1.29, 1.82) is 0 Å². The summed E-state index contributed by atoms with van der Waals surface area (Å²) >= 11 is 5.83. The van der Waals surface area contributed by atoms with E-state index in [0.717, 1.165) is 11.3 Å². The number of benzene rings is 2. The lowest BCUT2D eigenvalue weighted by Gasteiger charge is -2.17. The maximum atomic E-state index is 12.5. The van der Waals surface area contributed by atoms with Crippen LogP contribution in [0.5, 0.6) is 0 Å². The molecule has 1 fully saturated rings. The summed E-state index contributed by atoms with van der Waals surface area (Å²) < 4.78 is 0. The smallest absolute Gasteiger partial charge is 0.337 e.